The Bertz CT molecular complexity index is 503. The maximum absolute atomic E-state index is 12.2. The molecule has 0 radical (unpaired) electrons. The number of amides is 3. The van der Waals surface area contributed by atoms with Crippen molar-refractivity contribution in [3.63, 3.8) is 0 Å². The lowest BCUT2D eigenvalue weighted by atomic mass is 10.0. The van der Waals surface area contributed by atoms with Gasteiger partial charge in [0.05, 0.1) is 6.54 Å². The predicted molar refractivity (Wildman–Crippen MR) is 73.6 cm³/mol. The van der Waals surface area contributed by atoms with E-state index in [0.717, 1.165) is 16.7 Å². The van der Waals surface area contributed by atoms with Crippen LogP contribution in [0.25, 0.3) is 0 Å². The Morgan fingerprint density at radius 3 is 2.21 bits per heavy atom. The van der Waals surface area contributed by atoms with Crippen LogP contribution in [0.4, 0.5) is 4.79 Å². The second kappa shape index (κ2) is 5.03. The van der Waals surface area contributed by atoms with Crippen LogP contribution in [0.15, 0.2) is 18.2 Å². The van der Waals surface area contributed by atoms with E-state index in [1.54, 1.807) is 0 Å². The number of benzene rings is 1. The number of imide groups is 1. The average molecular weight is 260 g/mol. The highest BCUT2D eigenvalue weighted by atomic mass is 16.2. The quantitative estimate of drug-likeness (QED) is 0.848. The van der Waals surface area contributed by atoms with Crippen molar-refractivity contribution in [1.29, 1.82) is 0 Å². The SMILES string of the molecule is Cc1cc(C)cc(CN2C(=O)NC(C(C)C)C2=O)c1. The van der Waals surface area contributed by atoms with Crippen LogP contribution in [0.1, 0.15) is 30.5 Å². The number of carbonyl (C=O) groups is 2. The van der Waals surface area contributed by atoms with E-state index in [2.05, 4.69) is 11.4 Å². The lowest BCUT2D eigenvalue weighted by Gasteiger charge is -2.15. The standard InChI is InChI=1S/C15H20N2O2/c1-9(2)13-14(18)17(15(19)16-13)8-12-6-10(3)5-11(4)7-12/h5-7,9,13H,8H2,1-4H3,(H,16,19). The zero-order chi connectivity index (χ0) is 14.2. The van der Waals surface area contributed by atoms with Gasteiger partial charge in [-0.25, -0.2) is 4.79 Å². The molecule has 4 nitrogen and oxygen atoms in total. The first kappa shape index (κ1) is 13.6. The number of nitrogens with one attached hydrogen (secondary N) is 1. The van der Waals surface area contributed by atoms with Crippen molar-refractivity contribution in [1.82, 2.24) is 10.2 Å². The van der Waals surface area contributed by atoms with Gasteiger partial charge in [0.25, 0.3) is 5.91 Å². The van der Waals surface area contributed by atoms with Crippen molar-refractivity contribution in [3.05, 3.63) is 34.9 Å². The number of aryl methyl sites for hydroxylation is 2. The normalized spacial score (nSPS) is 19.2. The number of urea groups is 1. The van der Waals surface area contributed by atoms with Crippen LogP contribution in [-0.4, -0.2) is 22.9 Å². The molecule has 0 spiro atoms. The molecule has 3 amide bonds. The Labute approximate surface area is 113 Å². The molecule has 19 heavy (non-hydrogen) atoms. The molecule has 4 heteroatoms. The summed E-state index contributed by atoms with van der Waals surface area (Å²) in [5, 5.41) is 2.74. The molecule has 0 aromatic heterocycles. The summed E-state index contributed by atoms with van der Waals surface area (Å²) in [7, 11) is 0. The van der Waals surface area contributed by atoms with Crippen LogP contribution < -0.4 is 5.32 Å². The highest BCUT2D eigenvalue weighted by Crippen LogP contribution is 2.18. The molecular weight excluding hydrogens is 240 g/mol. The molecule has 102 valence electrons. The number of hydrogen-bond donors (Lipinski definition) is 1. The van der Waals surface area contributed by atoms with Gasteiger partial charge in [-0.2, -0.15) is 0 Å². The minimum absolute atomic E-state index is 0.112. The Kier molecular flexibility index (Phi) is 3.60. The van der Waals surface area contributed by atoms with E-state index in [1.807, 2.05) is 39.8 Å². The molecule has 1 aromatic rings. The fourth-order valence-corrected chi connectivity index (χ4v) is 2.49. The fourth-order valence-electron chi connectivity index (χ4n) is 2.49. The van der Waals surface area contributed by atoms with E-state index in [9.17, 15) is 9.59 Å². The van der Waals surface area contributed by atoms with Gasteiger partial charge in [-0.3, -0.25) is 9.69 Å². The Balaban J connectivity index is 2.19. The van der Waals surface area contributed by atoms with Crippen molar-refractivity contribution < 1.29 is 9.59 Å². The lowest BCUT2D eigenvalue weighted by molar-refractivity contribution is -0.128. The monoisotopic (exact) mass is 260 g/mol. The smallest absolute Gasteiger partial charge is 0.325 e. The maximum atomic E-state index is 12.2. The highest BCUT2D eigenvalue weighted by Gasteiger charge is 2.39. The summed E-state index contributed by atoms with van der Waals surface area (Å²) in [4.78, 5) is 25.3. The minimum atomic E-state index is -0.390. The van der Waals surface area contributed by atoms with Gasteiger partial charge >= 0.3 is 6.03 Å². The molecule has 1 aliphatic heterocycles. The van der Waals surface area contributed by atoms with Gasteiger partial charge in [-0.05, 0) is 25.3 Å². The fraction of sp³-hybridized carbons (Fsp3) is 0.467. The summed E-state index contributed by atoms with van der Waals surface area (Å²) >= 11 is 0. The zero-order valence-corrected chi connectivity index (χ0v) is 11.9. The molecule has 2 rings (SSSR count). The van der Waals surface area contributed by atoms with Crippen molar-refractivity contribution >= 4 is 11.9 Å². The molecule has 1 atom stereocenters. The third-order valence-corrected chi connectivity index (χ3v) is 3.35. The van der Waals surface area contributed by atoms with Crippen LogP contribution in [0.5, 0.6) is 0 Å². The molecular formula is C15H20N2O2. The van der Waals surface area contributed by atoms with Gasteiger partial charge in [0, 0.05) is 0 Å². The summed E-state index contributed by atoms with van der Waals surface area (Å²) in [6.07, 6.45) is 0. The summed E-state index contributed by atoms with van der Waals surface area (Å²) in [6.45, 7) is 8.24. The van der Waals surface area contributed by atoms with Gasteiger partial charge < -0.3 is 5.32 Å². The molecule has 1 aromatic carbocycles. The van der Waals surface area contributed by atoms with Gasteiger partial charge in [0.2, 0.25) is 0 Å². The van der Waals surface area contributed by atoms with Crippen molar-refractivity contribution in [2.75, 3.05) is 0 Å². The summed E-state index contributed by atoms with van der Waals surface area (Å²) in [5.41, 5.74) is 3.27. The lowest BCUT2D eigenvalue weighted by Crippen LogP contribution is -2.34. The summed E-state index contributed by atoms with van der Waals surface area (Å²) in [5.74, 6) is -0.0140. The van der Waals surface area contributed by atoms with E-state index < -0.39 is 6.04 Å². The van der Waals surface area contributed by atoms with Crippen molar-refractivity contribution in [2.45, 2.75) is 40.3 Å². The van der Waals surface area contributed by atoms with Crippen LogP contribution >= 0.6 is 0 Å². The van der Waals surface area contributed by atoms with E-state index in [4.69, 9.17) is 0 Å². The largest absolute Gasteiger partial charge is 0.326 e. The van der Waals surface area contributed by atoms with E-state index in [0.29, 0.717) is 6.54 Å². The van der Waals surface area contributed by atoms with Crippen LogP contribution in [0.2, 0.25) is 0 Å². The molecule has 1 aliphatic rings. The Morgan fingerprint density at radius 1 is 1.16 bits per heavy atom. The zero-order valence-electron chi connectivity index (χ0n) is 11.9. The minimum Gasteiger partial charge on any atom is -0.326 e. The number of nitrogens with zero attached hydrogens (tertiary/aromatic N) is 1. The molecule has 1 saturated heterocycles. The topological polar surface area (TPSA) is 49.4 Å². The maximum Gasteiger partial charge on any atom is 0.325 e. The van der Waals surface area contributed by atoms with Crippen molar-refractivity contribution in [3.8, 4) is 0 Å². The summed E-state index contributed by atoms with van der Waals surface area (Å²) < 4.78 is 0. The molecule has 1 fully saturated rings. The van der Waals surface area contributed by atoms with Gasteiger partial charge in [0.1, 0.15) is 6.04 Å². The number of rotatable bonds is 3. The first-order chi connectivity index (χ1) is 8.88. The van der Waals surface area contributed by atoms with E-state index in [-0.39, 0.29) is 17.9 Å². The number of carbonyl (C=O) groups excluding carboxylic acids is 2. The highest BCUT2D eigenvalue weighted by molar-refractivity contribution is 6.04. The second-order valence-corrected chi connectivity index (χ2v) is 5.59. The predicted octanol–water partition coefficient (Wildman–Crippen LogP) is 2.38. The summed E-state index contributed by atoms with van der Waals surface area (Å²) in [6, 6.07) is 5.42. The van der Waals surface area contributed by atoms with Crippen LogP contribution in [0, 0.1) is 19.8 Å². The Hall–Kier alpha value is -1.84. The average Bonchev–Trinajstić information content (AvgIpc) is 2.56. The van der Waals surface area contributed by atoms with Gasteiger partial charge in [-0.1, -0.05) is 43.2 Å². The van der Waals surface area contributed by atoms with E-state index >= 15 is 0 Å². The van der Waals surface area contributed by atoms with Gasteiger partial charge in [0.15, 0.2) is 0 Å². The number of hydrogen-bond acceptors (Lipinski definition) is 2. The molecule has 1 unspecified atom stereocenters. The molecule has 1 heterocycles. The molecule has 0 bridgehead atoms. The second-order valence-electron chi connectivity index (χ2n) is 5.59. The van der Waals surface area contributed by atoms with Gasteiger partial charge in [-0.15, -0.1) is 0 Å². The first-order valence-electron chi connectivity index (χ1n) is 6.57. The molecule has 1 N–H and O–H groups in total. The Morgan fingerprint density at radius 2 is 1.74 bits per heavy atom. The first-order valence-corrected chi connectivity index (χ1v) is 6.57. The third kappa shape index (κ3) is 2.78. The molecule has 0 saturated carbocycles. The van der Waals surface area contributed by atoms with Crippen molar-refractivity contribution in [2.24, 2.45) is 5.92 Å². The van der Waals surface area contributed by atoms with Crippen LogP contribution in [-0.2, 0) is 11.3 Å². The molecule has 0 aliphatic carbocycles. The van der Waals surface area contributed by atoms with E-state index in [1.165, 1.54) is 4.90 Å². The third-order valence-electron chi connectivity index (χ3n) is 3.35. The van der Waals surface area contributed by atoms with Crippen LogP contribution in [0.3, 0.4) is 0 Å².